The molecule has 1 rings (SSSR count). The first-order chi connectivity index (χ1) is 8.13. The van der Waals surface area contributed by atoms with E-state index in [1.165, 1.54) is 12.1 Å². The van der Waals surface area contributed by atoms with Crippen molar-refractivity contribution in [3.8, 4) is 0 Å². The molecule has 0 aliphatic rings. The lowest BCUT2D eigenvalue weighted by atomic mass is 9.87. The Bertz CT molecular complexity index is 529. The summed E-state index contributed by atoms with van der Waals surface area (Å²) in [5.74, 6) is 0. The van der Waals surface area contributed by atoms with Crippen LogP contribution in [0, 0.1) is 0 Å². The van der Waals surface area contributed by atoms with Crippen LogP contribution in [0.1, 0.15) is 26.3 Å². The first-order valence-corrected chi connectivity index (χ1v) is 7.27. The molecule has 0 aromatic heterocycles. The molecule has 0 fully saturated rings. The van der Waals surface area contributed by atoms with Gasteiger partial charge in [0.2, 0.25) is 15.3 Å². The molecule has 0 amide bonds. The average Bonchev–Trinajstić information content (AvgIpc) is 2.26. The second-order valence-corrected chi connectivity index (χ2v) is 7.14. The minimum atomic E-state index is -3.67. The van der Waals surface area contributed by atoms with E-state index >= 15 is 0 Å². The van der Waals surface area contributed by atoms with Crippen molar-refractivity contribution < 1.29 is 13.2 Å². The van der Waals surface area contributed by atoms with Crippen molar-refractivity contribution in [1.29, 1.82) is 0 Å². The summed E-state index contributed by atoms with van der Waals surface area (Å²) in [5, 5.41) is -0.745. The molecule has 0 aliphatic heterocycles. The molecular formula is C12H16ClNO3S. The molecule has 0 unspecified atom stereocenters. The Morgan fingerprint density at radius 3 is 2.11 bits per heavy atom. The van der Waals surface area contributed by atoms with Crippen molar-refractivity contribution in [3.63, 3.8) is 0 Å². The van der Waals surface area contributed by atoms with Crippen LogP contribution in [0.15, 0.2) is 29.2 Å². The normalized spacial score (nSPS) is 12.4. The maximum Gasteiger partial charge on any atom is 0.241 e. The molecule has 0 heterocycles. The Morgan fingerprint density at radius 2 is 1.72 bits per heavy atom. The number of halogens is 1. The summed E-state index contributed by atoms with van der Waals surface area (Å²) in [6.07, 6.45) is 0. The van der Waals surface area contributed by atoms with Crippen LogP contribution in [0.4, 0.5) is 0 Å². The topological polar surface area (TPSA) is 63.2 Å². The van der Waals surface area contributed by atoms with E-state index in [0.717, 1.165) is 5.56 Å². The summed E-state index contributed by atoms with van der Waals surface area (Å²) in [6.45, 7) is 5.72. The van der Waals surface area contributed by atoms with Crippen molar-refractivity contribution in [2.24, 2.45) is 0 Å². The second kappa shape index (κ2) is 5.38. The van der Waals surface area contributed by atoms with E-state index in [1.807, 2.05) is 20.8 Å². The molecule has 100 valence electrons. The Labute approximate surface area is 112 Å². The van der Waals surface area contributed by atoms with Crippen molar-refractivity contribution in [1.82, 2.24) is 4.72 Å². The number of carbonyl (C=O) groups excluding carboxylic acids is 1. The number of rotatable bonds is 4. The molecule has 0 spiro atoms. The fourth-order valence-electron chi connectivity index (χ4n) is 1.37. The zero-order valence-corrected chi connectivity index (χ0v) is 12.1. The Hall–Kier alpha value is -0.910. The van der Waals surface area contributed by atoms with Gasteiger partial charge in [0, 0.05) is 0 Å². The highest BCUT2D eigenvalue weighted by Crippen LogP contribution is 2.23. The summed E-state index contributed by atoms with van der Waals surface area (Å²) in [4.78, 5) is 10.7. The summed E-state index contributed by atoms with van der Waals surface area (Å²) in [5.41, 5.74) is 0.997. The third-order valence-electron chi connectivity index (χ3n) is 2.43. The number of hydrogen-bond acceptors (Lipinski definition) is 3. The van der Waals surface area contributed by atoms with Crippen LogP contribution >= 0.6 is 11.6 Å². The van der Waals surface area contributed by atoms with E-state index < -0.39 is 21.8 Å². The standard InChI is InChI=1S/C12H16ClNO3S/c1-12(2,3)9-4-6-10(7-5-9)18(16,17)14-8-11(13)15/h4-7,14H,8H2,1-3H3. The molecule has 0 saturated heterocycles. The van der Waals surface area contributed by atoms with E-state index in [9.17, 15) is 13.2 Å². The highest BCUT2D eigenvalue weighted by Gasteiger charge is 2.17. The lowest BCUT2D eigenvalue weighted by Crippen LogP contribution is -2.27. The molecule has 6 heteroatoms. The van der Waals surface area contributed by atoms with Gasteiger partial charge in [-0.05, 0) is 34.7 Å². The molecule has 1 aromatic rings. The molecule has 0 aliphatic carbocycles. The van der Waals surface area contributed by atoms with Gasteiger partial charge < -0.3 is 0 Å². The number of carbonyl (C=O) groups is 1. The van der Waals surface area contributed by atoms with Crippen LogP contribution < -0.4 is 4.72 Å². The van der Waals surface area contributed by atoms with Gasteiger partial charge in [-0.25, -0.2) is 13.1 Å². The lowest BCUT2D eigenvalue weighted by Gasteiger charge is -2.19. The fraction of sp³-hybridized carbons (Fsp3) is 0.417. The van der Waals surface area contributed by atoms with Crippen molar-refractivity contribution in [3.05, 3.63) is 29.8 Å². The van der Waals surface area contributed by atoms with Crippen LogP contribution in [0.25, 0.3) is 0 Å². The molecule has 1 aromatic carbocycles. The van der Waals surface area contributed by atoms with Gasteiger partial charge >= 0.3 is 0 Å². The highest BCUT2D eigenvalue weighted by molar-refractivity contribution is 7.89. The van der Waals surface area contributed by atoms with Gasteiger partial charge in [0.05, 0.1) is 11.4 Å². The average molecular weight is 290 g/mol. The van der Waals surface area contributed by atoms with Gasteiger partial charge in [-0.1, -0.05) is 32.9 Å². The number of sulfonamides is 1. The predicted molar refractivity (Wildman–Crippen MR) is 71.2 cm³/mol. The number of hydrogen-bond donors (Lipinski definition) is 1. The highest BCUT2D eigenvalue weighted by atomic mass is 35.5. The van der Waals surface area contributed by atoms with Crippen molar-refractivity contribution in [2.75, 3.05) is 6.54 Å². The zero-order valence-electron chi connectivity index (χ0n) is 10.5. The van der Waals surface area contributed by atoms with Gasteiger partial charge in [-0.2, -0.15) is 0 Å². The first kappa shape index (κ1) is 15.1. The van der Waals surface area contributed by atoms with E-state index in [1.54, 1.807) is 12.1 Å². The maximum absolute atomic E-state index is 11.8. The Morgan fingerprint density at radius 1 is 1.22 bits per heavy atom. The molecule has 1 N–H and O–H groups in total. The number of nitrogens with one attached hydrogen (secondary N) is 1. The van der Waals surface area contributed by atoms with Gasteiger partial charge in [-0.15, -0.1) is 0 Å². The number of benzene rings is 1. The summed E-state index contributed by atoms with van der Waals surface area (Å²) < 4.78 is 25.7. The van der Waals surface area contributed by atoms with E-state index in [4.69, 9.17) is 11.6 Å². The smallest absolute Gasteiger partial charge is 0.241 e. The molecular weight excluding hydrogens is 274 g/mol. The summed E-state index contributed by atoms with van der Waals surface area (Å²) in [6, 6.07) is 6.55. The van der Waals surface area contributed by atoms with Crippen LogP contribution in [0.3, 0.4) is 0 Å². The maximum atomic E-state index is 11.8. The van der Waals surface area contributed by atoms with Crippen molar-refractivity contribution >= 4 is 26.9 Å². The molecule has 0 bridgehead atoms. The van der Waals surface area contributed by atoms with Gasteiger partial charge in [-0.3, -0.25) is 4.79 Å². The summed E-state index contributed by atoms with van der Waals surface area (Å²) >= 11 is 5.09. The lowest BCUT2D eigenvalue weighted by molar-refractivity contribution is -0.110. The fourth-order valence-corrected chi connectivity index (χ4v) is 2.50. The quantitative estimate of drug-likeness (QED) is 0.863. The molecule has 0 radical (unpaired) electrons. The summed E-state index contributed by atoms with van der Waals surface area (Å²) in [7, 11) is -3.67. The van der Waals surface area contributed by atoms with Gasteiger partial charge in [0.15, 0.2) is 0 Å². The van der Waals surface area contributed by atoms with Crippen molar-refractivity contribution in [2.45, 2.75) is 31.1 Å². The minimum absolute atomic E-state index is 0.0399. The van der Waals surface area contributed by atoms with Gasteiger partial charge in [0.1, 0.15) is 0 Å². The minimum Gasteiger partial charge on any atom is -0.280 e. The zero-order chi connectivity index (χ0) is 14.0. The van der Waals surface area contributed by atoms with E-state index in [-0.39, 0.29) is 10.3 Å². The monoisotopic (exact) mass is 289 g/mol. The third kappa shape index (κ3) is 4.08. The van der Waals surface area contributed by atoms with E-state index in [0.29, 0.717) is 0 Å². The van der Waals surface area contributed by atoms with Crippen LogP contribution in [0.2, 0.25) is 0 Å². The van der Waals surface area contributed by atoms with Crippen LogP contribution in [-0.4, -0.2) is 20.2 Å². The molecule has 18 heavy (non-hydrogen) atoms. The predicted octanol–water partition coefficient (Wildman–Crippen LogP) is 2.03. The van der Waals surface area contributed by atoms with Gasteiger partial charge in [0.25, 0.3) is 0 Å². The molecule has 0 atom stereocenters. The van der Waals surface area contributed by atoms with Crippen LogP contribution in [0.5, 0.6) is 0 Å². The first-order valence-electron chi connectivity index (χ1n) is 5.41. The second-order valence-electron chi connectivity index (χ2n) is 4.95. The SMILES string of the molecule is CC(C)(C)c1ccc(S(=O)(=O)NCC(=O)Cl)cc1. The molecule has 0 saturated carbocycles. The van der Waals surface area contributed by atoms with E-state index in [2.05, 4.69) is 4.72 Å². The largest absolute Gasteiger partial charge is 0.280 e. The molecule has 4 nitrogen and oxygen atoms in total. The Kier molecular flexibility index (Phi) is 4.53. The van der Waals surface area contributed by atoms with Crippen LogP contribution in [-0.2, 0) is 20.2 Å². The third-order valence-corrected chi connectivity index (χ3v) is 3.98. The Balaban J connectivity index is 2.95.